The Morgan fingerprint density at radius 1 is 1.53 bits per heavy atom. The molecule has 1 rings (SSSR count). The number of nitrogens with zero attached hydrogens (tertiary/aromatic N) is 1. The molecule has 0 aliphatic rings. The van der Waals surface area contributed by atoms with E-state index in [0.717, 1.165) is 0 Å². The van der Waals surface area contributed by atoms with Crippen molar-refractivity contribution in [3.05, 3.63) is 28.2 Å². The zero-order chi connectivity index (χ0) is 12.8. The highest BCUT2D eigenvalue weighted by Crippen LogP contribution is 2.21. The van der Waals surface area contributed by atoms with E-state index in [1.807, 2.05) is 0 Å². The summed E-state index contributed by atoms with van der Waals surface area (Å²) >= 11 is 3.20. The number of hydrogen-bond acceptors (Lipinski definition) is 4. The number of halogens is 1. The first kappa shape index (κ1) is 13.3. The predicted octanol–water partition coefficient (Wildman–Crippen LogP) is 1.02. The third-order valence-electron chi connectivity index (χ3n) is 2.00. The molecule has 92 valence electrons. The third-order valence-corrected chi connectivity index (χ3v) is 2.49. The number of phenols is 1. The SMILES string of the molecule is N/C(CCNC(=O)c1cc(Br)ccc1O)=N/O. The van der Waals surface area contributed by atoms with Crippen molar-refractivity contribution in [1.82, 2.24) is 5.32 Å². The number of rotatable bonds is 4. The molecule has 0 aliphatic heterocycles. The molecule has 0 saturated heterocycles. The Morgan fingerprint density at radius 2 is 2.24 bits per heavy atom. The first-order valence-electron chi connectivity index (χ1n) is 4.77. The lowest BCUT2D eigenvalue weighted by molar-refractivity contribution is 0.0952. The highest BCUT2D eigenvalue weighted by atomic mass is 79.9. The maximum Gasteiger partial charge on any atom is 0.255 e. The van der Waals surface area contributed by atoms with Gasteiger partial charge in [0.2, 0.25) is 0 Å². The molecule has 0 radical (unpaired) electrons. The molecular weight excluding hydrogens is 290 g/mol. The van der Waals surface area contributed by atoms with Crippen molar-refractivity contribution < 1.29 is 15.1 Å². The summed E-state index contributed by atoms with van der Waals surface area (Å²) in [5.74, 6) is -0.493. The number of amidine groups is 1. The Balaban J connectivity index is 2.61. The second-order valence-corrected chi connectivity index (χ2v) is 4.17. The number of nitrogens with one attached hydrogen (secondary N) is 1. The standard InChI is InChI=1S/C10H12BrN3O3/c11-6-1-2-8(15)7(5-6)10(16)13-4-3-9(12)14-17/h1-2,5,15,17H,3-4H2,(H2,12,14)(H,13,16). The second kappa shape index (κ2) is 6.09. The van der Waals surface area contributed by atoms with Crippen molar-refractivity contribution in [2.24, 2.45) is 10.9 Å². The van der Waals surface area contributed by atoms with Crippen molar-refractivity contribution in [3.8, 4) is 5.75 Å². The zero-order valence-electron chi connectivity index (χ0n) is 8.85. The van der Waals surface area contributed by atoms with Crippen LogP contribution in [0.25, 0.3) is 0 Å². The van der Waals surface area contributed by atoms with Crippen LogP contribution in [-0.4, -0.2) is 28.6 Å². The van der Waals surface area contributed by atoms with E-state index in [2.05, 4.69) is 26.4 Å². The first-order valence-corrected chi connectivity index (χ1v) is 5.57. The van der Waals surface area contributed by atoms with Gasteiger partial charge in [-0.05, 0) is 18.2 Å². The number of aromatic hydroxyl groups is 1. The molecule has 0 fully saturated rings. The lowest BCUT2D eigenvalue weighted by atomic mass is 10.2. The number of carbonyl (C=O) groups is 1. The Morgan fingerprint density at radius 3 is 2.88 bits per heavy atom. The van der Waals surface area contributed by atoms with Crippen LogP contribution in [0.15, 0.2) is 27.8 Å². The molecule has 0 spiro atoms. The van der Waals surface area contributed by atoms with Crippen LogP contribution in [0.4, 0.5) is 0 Å². The van der Waals surface area contributed by atoms with E-state index < -0.39 is 5.91 Å². The van der Waals surface area contributed by atoms with Crippen LogP contribution >= 0.6 is 15.9 Å². The average Bonchev–Trinajstić information content (AvgIpc) is 2.31. The topological polar surface area (TPSA) is 108 Å². The van der Waals surface area contributed by atoms with Crippen molar-refractivity contribution in [1.29, 1.82) is 0 Å². The summed E-state index contributed by atoms with van der Waals surface area (Å²) in [5, 5.41) is 23.1. The Labute approximate surface area is 106 Å². The van der Waals surface area contributed by atoms with E-state index in [9.17, 15) is 9.90 Å². The normalized spacial score (nSPS) is 11.2. The summed E-state index contributed by atoms with van der Waals surface area (Å²) in [5.41, 5.74) is 5.41. The molecule has 1 amide bonds. The number of phenolic OH excluding ortho intramolecular Hbond substituents is 1. The maximum absolute atomic E-state index is 11.7. The van der Waals surface area contributed by atoms with E-state index in [1.165, 1.54) is 12.1 Å². The molecule has 0 bridgehead atoms. The number of benzene rings is 1. The van der Waals surface area contributed by atoms with Gasteiger partial charge in [-0.25, -0.2) is 0 Å². The molecule has 0 aliphatic carbocycles. The van der Waals surface area contributed by atoms with Gasteiger partial charge >= 0.3 is 0 Å². The second-order valence-electron chi connectivity index (χ2n) is 3.26. The molecule has 1 aromatic rings. The molecule has 0 heterocycles. The third kappa shape index (κ3) is 3.95. The minimum Gasteiger partial charge on any atom is -0.507 e. The molecule has 7 heteroatoms. The van der Waals surface area contributed by atoms with E-state index in [4.69, 9.17) is 10.9 Å². The summed E-state index contributed by atoms with van der Waals surface area (Å²) < 4.78 is 0.692. The number of hydrogen-bond donors (Lipinski definition) is 4. The van der Waals surface area contributed by atoms with Crippen LogP contribution < -0.4 is 11.1 Å². The molecule has 6 nitrogen and oxygen atoms in total. The van der Waals surface area contributed by atoms with Crippen LogP contribution in [0, 0.1) is 0 Å². The minimum absolute atomic E-state index is 0.0313. The van der Waals surface area contributed by atoms with Gasteiger partial charge in [-0.2, -0.15) is 0 Å². The van der Waals surface area contributed by atoms with Gasteiger partial charge < -0.3 is 21.4 Å². The number of amides is 1. The number of nitrogens with two attached hydrogens (primary N) is 1. The molecular formula is C10H12BrN3O3. The van der Waals surface area contributed by atoms with Crippen molar-refractivity contribution in [3.63, 3.8) is 0 Å². The van der Waals surface area contributed by atoms with Gasteiger partial charge in [-0.15, -0.1) is 0 Å². The van der Waals surface area contributed by atoms with Gasteiger partial charge in [-0.1, -0.05) is 21.1 Å². The van der Waals surface area contributed by atoms with E-state index in [1.54, 1.807) is 6.07 Å². The fourth-order valence-electron chi connectivity index (χ4n) is 1.14. The highest BCUT2D eigenvalue weighted by Gasteiger charge is 2.10. The van der Waals surface area contributed by atoms with Crippen LogP contribution in [0.3, 0.4) is 0 Å². The first-order chi connectivity index (χ1) is 8.04. The van der Waals surface area contributed by atoms with Crippen LogP contribution in [0.5, 0.6) is 5.75 Å². The molecule has 0 aromatic heterocycles. The lowest BCUT2D eigenvalue weighted by Crippen LogP contribution is -2.28. The van der Waals surface area contributed by atoms with Crippen molar-refractivity contribution >= 4 is 27.7 Å². The zero-order valence-corrected chi connectivity index (χ0v) is 10.4. The maximum atomic E-state index is 11.7. The van der Waals surface area contributed by atoms with Gasteiger partial charge in [0.15, 0.2) is 0 Å². The molecule has 0 saturated carbocycles. The van der Waals surface area contributed by atoms with E-state index in [-0.39, 0.29) is 30.1 Å². The summed E-state index contributed by atoms with van der Waals surface area (Å²) in [6.45, 7) is 0.223. The van der Waals surface area contributed by atoms with Crippen LogP contribution in [0.2, 0.25) is 0 Å². The quantitative estimate of drug-likeness (QED) is 0.288. The fourth-order valence-corrected chi connectivity index (χ4v) is 1.50. The highest BCUT2D eigenvalue weighted by molar-refractivity contribution is 9.10. The van der Waals surface area contributed by atoms with Crippen LogP contribution in [-0.2, 0) is 0 Å². The van der Waals surface area contributed by atoms with Crippen LogP contribution in [0.1, 0.15) is 16.8 Å². The summed E-state index contributed by atoms with van der Waals surface area (Å²) in [6.07, 6.45) is 0.233. The number of oxime groups is 1. The molecule has 0 atom stereocenters. The summed E-state index contributed by atoms with van der Waals surface area (Å²) in [6, 6.07) is 4.55. The van der Waals surface area contributed by atoms with E-state index in [0.29, 0.717) is 4.47 Å². The van der Waals surface area contributed by atoms with Gasteiger partial charge in [0.05, 0.1) is 5.56 Å². The summed E-state index contributed by atoms with van der Waals surface area (Å²) in [7, 11) is 0. The van der Waals surface area contributed by atoms with Gasteiger partial charge in [-0.3, -0.25) is 4.79 Å². The largest absolute Gasteiger partial charge is 0.507 e. The molecule has 0 unspecified atom stereocenters. The fraction of sp³-hybridized carbons (Fsp3) is 0.200. The minimum atomic E-state index is -0.422. The Hall–Kier alpha value is -1.76. The number of carbonyl (C=O) groups excluding carboxylic acids is 1. The average molecular weight is 302 g/mol. The van der Waals surface area contributed by atoms with Crippen molar-refractivity contribution in [2.45, 2.75) is 6.42 Å². The Bertz CT molecular complexity index is 448. The van der Waals surface area contributed by atoms with E-state index >= 15 is 0 Å². The Kier molecular flexibility index (Phi) is 4.77. The van der Waals surface area contributed by atoms with Gasteiger partial charge in [0, 0.05) is 17.4 Å². The van der Waals surface area contributed by atoms with Gasteiger partial charge in [0.1, 0.15) is 11.6 Å². The monoisotopic (exact) mass is 301 g/mol. The van der Waals surface area contributed by atoms with Gasteiger partial charge in [0.25, 0.3) is 5.91 Å². The smallest absolute Gasteiger partial charge is 0.255 e. The predicted molar refractivity (Wildman–Crippen MR) is 66.2 cm³/mol. The molecule has 17 heavy (non-hydrogen) atoms. The summed E-state index contributed by atoms with van der Waals surface area (Å²) in [4.78, 5) is 11.7. The molecule has 5 N–H and O–H groups in total. The molecule has 1 aromatic carbocycles. The lowest BCUT2D eigenvalue weighted by Gasteiger charge is -2.06. The van der Waals surface area contributed by atoms with Crippen molar-refractivity contribution in [2.75, 3.05) is 6.54 Å².